The monoisotopic (exact) mass is 493 g/mol. The number of aromatic amines is 1. The number of ether oxygens (including phenoxy) is 1. The van der Waals surface area contributed by atoms with Crippen molar-refractivity contribution in [1.29, 1.82) is 0 Å². The lowest BCUT2D eigenvalue weighted by Crippen LogP contribution is -2.39. The van der Waals surface area contributed by atoms with E-state index < -0.39 is 6.04 Å². The minimum atomic E-state index is -0.648. The van der Waals surface area contributed by atoms with Gasteiger partial charge in [0.1, 0.15) is 5.75 Å². The Hall–Kier alpha value is -4.23. The van der Waals surface area contributed by atoms with Gasteiger partial charge in [0.05, 0.1) is 17.7 Å². The quantitative estimate of drug-likeness (QED) is 0.401. The van der Waals surface area contributed by atoms with E-state index in [1.54, 1.807) is 11.7 Å². The van der Waals surface area contributed by atoms with Crippen LogP contribution >= 0.6 is 11.3 Å². The van der Waals surface area contributed by atoms with Crippen molar-refractivity contribution in [2.45, 2.75) is 19.9 Å². The molecule has 5 aromatic rings. The number of fused-ring (bicyclic) bond motifs is 3. The molecule has 0 spiro atoms. The first-order valence-corrected chi connectivity index (χ1v) is 12.4. The van der Waals surface area contributed by atoms with Crippen molar-refractivity contribution >= 4 is 44.9 Å². The Morgan fingerprint density at radius 2 is 1.83 bits per heavy atom. The Morgan fingerprint density at radius 3 is 2.61 bits per heavy atom. The molecule has 6 nitrogen and oxygen atoms in total. The first-order chi connectivity index (χ1) is 17.5. The van der Waals surface area contributed by atoms with Gasteiger partial charge in [-0.15, -0.1) is 0 Å². The summed E-state index contributed by atoms with van der Waals surface area (Å²) in [4.78, 5) is 35.5. The van der Waals surface area contributed by atoms with Gasteiger partial charge in [0.2, 0.25) is 0 Å². The van der Waals surface area contributed by atoms with Crippen LogP contribution in [0.2, 0.25) is 0 Å². The van der Waals surface area contributed by atoms with Crippen molar-refractivity contribution in [3.8, 4) is 5.75 Å². The number of H-pyrrole nitrogens is 1. The summed E-state index contributed by atoms with van der Waals surface area (Å²) in [6.07, 6.45) is 3.80. The van der Waals surface area contributed by atoms with Crippen LogP contribution in [0.25, 0.3) is 27.8 Å². The Kier molecular flexibility index (Phi) is 5.23. The lowest BCUT2D eigenvalue weighted by Gasteiger charge is -2.27. The lowest BCUT2D eigenvalue weighted by atomic mass is 9.89. The number of carbonyl (C=O) groups is 1. The number of benzene rings is 3. The number of nitrogens with one attached hydrogen (secondary N) is 1. The van der Waals surface area contributed by atoms with Crippen LogP contribution < -0.4 is 19.6 Å². The Bertz CT molecular complexity index is 1910. The standard InChI is InChI=1S/C29H23N3O3S/c1-16-25(17(2)33)27(26-21-10-5-4-8-18(21)12-13-23(26)35-3)32-28(34)24(36-29(32)31-16)14-19-15-30-22-11-7-6-9-20(19)22/h4-15,27,30H,1-3H3/b24-14+/t27-/m1/s1. The summed E-state index contributed by atoms with van der Waals surface area (Å²) in [5.41, 5.74) is 3.64. The third-order valence-electron chi connectivity index (χ3n) is 6.73. The number of allylic oxidation sites excluding steroid dienone is 2. The smallest absolute Gasteiger partial charge is 0.271 e. The van der Waals surface area contributed by atoms with Gasteiger partial charge in [-0.05, 0) is 42.8 Å². The minimum Gasteiger partial charge on any atom is -0.496 e. The summed E-state index contributed by atoms with van der Waals surface area (Å²) in [6, 6.07) is 19.2. The van der Waals surface area contributed by atoms with Crippen LogP contribution in [0.4, 0.5) is 0 Å². The first kappa shape index (κ1) is 22.2. The van der Waals surface area contributed by atoms with Crippen LogP contribution in [0, 0.1) is 0 Å². The molecule has 7 heteroatoms. The number of methoxy groups -OCH3 is 1. The summed E-state index contributed by atoms with van der Waals surface area (Å²) < 4.78 is 7.98. The molecule has 0 radical (unpaired) electrons. The molecule has 0 bridgehead atoms. The number of aromatic nitrogens is 2. The average Bonchev–Trinajstić information content (AvgIpc) is 3.43. The third kappa shape index (κ3) is 3.35. The molecule has 0 saturated carbocycles. The molecule has 6 rings (SSSR count). The van der Waals surface area contributed by atoms with E-state index in [4.69, 9.17) is 9.73 Å². The zero-order chi connectivity index (χ0) is 25.0. The highest BCUT2D eigenvalue weighted by Crippen LogP contribution is 2.40. The number of hydrogen-bond acceptors (Lipinski definition) is 5. The SMILES string of the molecule is COc1ccc2ccccc2c1[C@H]1C(C(C)=O)=C(C)N=c2s/c(=C/c3c[nH]c4ccccc34)c(=O)n21. The van der Waals surface area contributed by atoms with Gasteiger partial charge in [-0.1, -0.05) is 59.9 Å². The first-order valence-electron chi connectivity index (χ1n) is 11.6. The van der Waals surface area contributed by atoms with Crippen molar-refractivity contribution in [3.63, 3.8) is 0 Å². The summed E-state index contributed by atoms with van der Waals surface area (Å²) in [6.45, 7) is 3.36. The van der Waals surface area contributed by atoms with E-state index in [2.05, 4.69) is 4.98 Å². The molecule has 0 fully saturated rings. The molecule has 0 amide bonds. The van der Waals surface area contributed by atoms with E-state index in [9.17, 15) is 9.59 Å². The number of rotatable bonds is 4. The summed E-state index contributed by atoms with van der Waals surface area (Å²) in [5.74, 6) is 0.500. The zero-order valence-electron chi connectivity index (χ0n) is 20.0. The fourth-order valence-electron chi connectivity index (χ4n) is 5.13. The third-order valence-corrected chi connectivity index (χ3v) is 7.72. The predicted octanol–water partition coefficient (Wildman–Crippen LogP) is 4.47. The molecular weight excluding hydrogens is 470 g/mol. The van der Waals surface area contributed by atoms with Gasteiger partial charge in [-0.2, -0.15) is 0 Å². The molecule has 178 valence electrons. The minimum absolute atomic E-state index is 0.123. The topological polar surface area (TPSA) is 76.4 Å². The van der Waals surface area contributed by atoms with Crippen molar-refractivity contribution < 1.29 is 9.53 Å². The molecule has 3 heterocycles. The van der Waals surface area contributed by atoms with Crippen LogP contribution in [-0.4, -0.2) is 22.4 Å². The van der Waals surface area contributed by atoms with Gasteiger partial charge >= 0.3 is 0 Å². The van der Waals surface area contributed by atoms with Gasteiger partial charge in [0, 0.05) is 39.5 Å². The van der Waals surface area contributed by atoms with E-state index in [1.165, 1.54) is 18.3 Å². The van der Waals surface area contributed by atoms with Crippen molar-refractivity contribution in [3.05, 3.63) is 109 Å². The molecule has 0 saturated heterocycles. The molecule has 1 aliphatic rings. The zero-order valence-corrected chi connectivity index (χ0v) is 20.8. The highest BCUT2D eigenvalue weighted by molar-refractivity contribution is 7.07. The predicted molar refractivity (Wildman–Crippen MR) is 143 cm³/mol. The van der Waals surface area contributed by atoms with E-state index >= 15 is 0 Å². The normalized spacial score (nSPS) is 15.9. The Morgan fingerprint density at radius 1 is 1.08 bits per heavy atom. The van der Waals surface area contributed by atoms with Crippen LogP contribution in [0.15, 0.2) is 87.9 Å². The van der Waals surface area contributed by atoms with E-state index in [0.29, 0.717) is 26.4 Å². The van der Waals surface area contributed by atoms with Gasteiger partial charge in [-0.3, -0.25) is 14.2 Å². The number of hydrogen-bond donors (Lipinski definition) is 1. The van der Waals surface area contributed by atoms with Gasteiger partial charge in [-0.25, -0.2) is 4.99 Å². The van der Waals surface area contributed by atoms with Crippen LogP contribution in [0.5, 0.6) is 5.75 Å². The second-order valence-electron chi connectivity index (χ2n) is 8.83. The van der Waals surface area contributed by atoms with Crippen LogP contribution in [0.1, 0.15) is 31.0 Å². The highest BCUT2D eigenvalue weighted by atomic mass is 32.1. The molecule has 2 aromatic heterocycles. The molecule has 3 aromatic carbocycles. The maximum absolute atomic E-state index is 14.0. The van der Waals surface area contributed by atoms with Crippen LogP contribution in [-0.2, 0) is 4.79 Å². The number of thiazole rings is 1. The Balaban J connectivity index is 1.68. The molecule has 36 heavy (non-hydrogen) atoms. The van der Waals surface area contributed by atoms with Gasteiger partial charge in [0.25, 0.3) is 5.56 Å². The molecular formula is C29H23N3O3S. The number of ketones is 1. The molecule has 0 aliphatic carbocycles. The summed E-state index contributed by atoms with van der Waals surface area (Å²) >= 11 is 1.33. The van der Waals surface area contributed by atoms with Crippen molar-refractivity contribution in [2.75, 3.05) is 7.11 Å². The second-order valence-corrected chi connectivity index (χ2v) is 9.84. The van der Waals surface area contributed by atoms with E-state index in [1.807, 2.05) is 79.9 Å². The fraction of sp³-hybridized carbons (Fsp3) is 0.138. The van der Waals surface area contributed by atoms with E-state index in [-0.39, 0.29) is 11.3 Å². The van der Waals surface area contributed by atoms with Gasteiger partial charge < -0.3 is 9.72 Å². The number of carbonyl (C=O) groups excluding carboxylic acids is 1. The Labute approximate surface area is 210 Å². The average molecular weight is 494 g/mol. The summed E-state index contributed by atoms with van der Waals surface area (Å²) in [5, 5.41) is 2.98. The lowest BCUT2D eigenvalue weighted by molar-refractivity contribution is -0.114. The largest absolute Gasteiger partial charge is 0.496 e. The maximum atomic E-state index is 14.0. The molecule has 1 atom stereocenters. The second kappa shape index (κ2) is 8.46. The fourth-order valence-corrected chi connectivity index (χ4v) is 6.17. The number of para-hydroxylation sites is 1. The summed E-state index contributed by atoms with van der Waals surface area (Å²) in [7, 11) is 1.61. The highest BCUT2D eigenvalue weighted by Gasteiger charge is 2.33. The van der Waals surface area contributed by atoms with Crippen molar-refractivity contribution in [1.82, 2.24) is 9.55 Å². The molecule has 1 N–H and O–H groups in total. The van der Waals surface area contributed by atoms with Crippen molar-refractivity contribution in [2.24, 2.45) is 4.99 Å². The van der Waals surface area contributed by atoms with Gasteiger partial charge in [0.15, 0.2) is 10.6 Å². The number of nitrogens with zero attached hydrogens (tertiary/aromatic N) is 2. The van der Waals surface area contributed by atoms with Crippen LogP contribution in [0.3, 0.4) is 0 Å². The van der Waals surface area contributed by atoms with E-state index in [0.717, 1.165) is 32.8 Å². The molecule has 0 unspecified atom stereocenters. The molecule has 1 aliphatic heterocycles. The maximum Gasteiger partial charge on any atom is 0.271 e. The number of Topliss-reactive ketones (excluding diaryl/α,β-unsaturated/α-hetero) is 1.